The molecule has 1 aliphatic rings. The quantitative estimate of drug-likeness (QED) is 0.653. The second kappa shape index (κ2) is 4.77. The molecule has 1 atom stereocenters. The van der Waals surface area contributed by atoms with E-state index in [0.29, 0.717) is 6.61 Å². The van der Waals surface area contributed by atoms with E-state index in [1.54, 1.807) is 0 Å². The first-order valence-electron chi connectivity index (χ1n) is 5.13. The highest BCUT2D eigenvalue weighted by atomic mass is 16.3. The van der Waals surface area contributed by atoms with E-state index in [4.69, 9.17) is 0 Å². The molecule has 2 heteroatoms. The lowest BCUT2D eigenvalue weighted by Gasteiger charge is -2.35. The Morgan fingerprint density at radius 3 is 2.77 bits per heavy atom. The van der Waals surface area contributed by atoms with Gasteiger partial charge in [-0.15, -0.1) is 0 Å². The summed E-state index contributed by atoms with van der Waals surface area (Å²) in [5, 5.41) is 12.7. The van der Waals surface area contributed by atoms with Crippen molar-refractivity contribution in [2.24, 2.45) is 5.41 Å². The number of allylic oxidation sites excluding steroid dienone is 2. The van der Waals surface area contributed by atoms with Gasteiger partial charge in [-0.05, 0) is 39.7 Å². The van der Waals surface area contributed by atoms with Crippen LogP contribution in [0.3, 0.4) is 0 Å². The summed E-state index contributed by atoms with van der Waals surface area (Å²) in [6.45, 7) is 6.61. The van der Waals surface area contributed by atoms with Crippen LogP contribution < -0.4 is 5.32 Å². The standard InChI is InChI=1S/C11H21NO/c1-10(2)4-6-11(9-13)5-3-7-12-8-11/h4,12-13H,3,5-9H2,1-2H3. The fourth-order valence-electron chi connectivity index (χ4n) is 1.82. The van der Waals surface area contributed by atoms with Crippen molar-refractivity contribution in [2.75, 3.05) is 19.7 Å². The van der Waals surface area contributed by atoms with Crippen LogP contribution in [0.25, 0.3) is 0 Å². The Morgan fingerprint density at radius 1 is 1.54 bits per heavy atom. The fraction of sp³-hybridized carbons (Fsp3) is 0.818. The molecule has 76 valence electrons. The smallest absolute Gasteiger partial charge is 0.0502 e. The fourth-order valence-corrected chi connectivity index (χ4v) is 1.82. The van der Waals surface area contributed by atoms with Gasteiger partial charge < -0.3 is 10.4 Å². The minimum absolute atomic E-state index is 0.121. The second-order valence-electron chi connectivity index (χ2n) is 4.42. The zero-order valence-corrected chi connectivity index (χ0v) is 8.77. The van der Waals surface area contributed by atoms with Gasteiger partial charge in [0.2, 0.25) is 0 Å². The second-order valence-corrected chi connectivity index (χ2v) is 4.42. The number of aliphatic hydroxyl groups is 1. The van der Waals surface area contributed by atoms with E-state index in [0.717, 1.165) is 25.9 Å². The Hall–Kier alpha value is -0.340. The number of rotatable bonds is 3. The van der Waals surface area contributed by atoms with Crippen molar-refractivity contribution in [1.29, 1.82) is 0 Å². The van der Waals surface area contributed by atoms with Crippen LogP contribution in [0.2, 0.25) is 0 Å². The van der Waals surface area contributed by atoms with Crippen molar-refractivity contribution < 1.29 is 5.11 Å². The average molecular weight is 183 g/mol. The Bertz CT molecular complexity index is 177. The molecule has 0 amide bonds. The molecule has 1 fully saturated rings. The van der Waals surface area contributed by atoms with Crippen LogP contribution >= 0.6 is 0 Å². The van der Waals surface area contributed by atoms with Gasteiger partial charge in [0.25, 0.3) is 0 Å². The van der Waals surface area contributed by atoms with Crippen molar-refractivity contribution in [3.8, 4) is 0 Å². The molecule has 1 aliphatic heterocycles. The first-order chi connectivity index (χ1) is 6.18. The lowest BCUT2D eigenvalue weighted by atomic mass is 9.78. The lowest BCUT2D eigenvalue weighted by Crippen LogP contribution is -2.42. The summed E-state index contributed by atoms with van der Waals surface area (Å²) < 4.78 is 0. The van der Waals surface area contributed by atoms with E-state index in [-0.39, 0.29) is 5.41 Å². The first-order valence-corrected chi connectivity index (χ1v) is 5.13. The molecule has 1 rings (SSSR count). The van der Waals surface area contributed by atoms with Gasteiger partial charge >= 0.3 is 0 Å². The van der Waals surface area contributed by atoms with Crippen LogP contribution in [-0.4, -0.2) is 24.8 Å². The summed E-state index contributed by atoms with van der Waals surface area (Å²) in [7, 11) is 0. The number of aliphatic hydroxyl groups excluding tert-OH is 1. The first kappa shape index (κ1) is 10.7. The van der Waals surface area contributed by atoms with Gasteiger partial charge in [0.05, 0.1) is 6.61 Å². The van der Waals surface area contributed by atoms with Gasteiger partial charge in [0.1, 0.15) is 0 Å². The van der Waals surface area contributed by atoms with Gasteiger partial charge in [-0.25, -0.2) is 0 Å². The minimum atomic E-state index is 0.121. The molecule has 1 heterocycles. The van der Waals surface area contributed by atoms with E-state index in [1.807, 2.05) is 0 Å². The molecule has 0 radical (unpaired) electrons. The number of hydrogen-bond acceptors (Lipinski definition) is 2. The minimum Gasteiger partial charge on any atom is -0.396 e. The summed E-state index contributed by atoms with van der Waals surface area (Å²) >= 11 is 0. The molecule has 0 saturated carbocycles. The number of nitrogens with one attached hydrogen (secondary N) is 1. The summed E-state index contributed by atoms with van der Waals surface area (Å²) in [6, 6.07) is 0. The highest BCUT2D eigenvalue weighted by Gasteiger charge is 2.29. The molecular weight excluding hydrogens is 162 g/mol. The summed E-state index contributed by atoms with van der Waals surface area (Å²) in [6.07, 6.45) is 5.60. The van der Waals surface area contributed by atoms with Crippen molar-refractivity contribution in [2.45, 2.75) is 33.1 Å². The molecule has 0 aromatic rings. The maximum absolute atomic E-state index is 9.39. The topological polar surface area (TPSA) is 32.3 Å². The van der Waals surface area contributed by atoms with Crippen LogP contribution in [0.4, 0.5) is 0 Å². The van der Waals surface area contributed by atoms with E-state index in [2.05, 4.69) is 25.2 Å². The van der Waals surface area contributed by atoms with Gasteiger partial charge in [0, 0.05) is 12.0 Å². The monoisotopic (exact) mass is 183 g/mol. The summed E-state index contributed by atoms with van der Waals surface area (Å²) in [5.74, 6) is 0. The van der Waals surface area contributed by atoms with Gasteiger partial charge in [0.15, 0.2) is 0 Å². The predicted octanol–water partition coefficient (Wildman–Crippen LogP) is 1.70. The zero-order chi connectivity index (χ0) is 9.73. The van der Waals surface area contributed by atoms with Crippen molar-refractivity contribution in [3.05, 3.63) is 11.6 Å². The van der Waals surface area contributed by atoms with E-state index >= 15 is 0 Å². The number of piperidine rings is 1. The Labute approximate surface area is 81.0 Å². The van der Waals surface area contributed by atoms with Gasteiger partial charge in [-0.3, -0.25) is 0 Å². The van der Waals surface area contributed by atoms with Gasteiger partial charge in [-0.1, -0.05) is 11.6 Å². The van der Waals surface area contributed by atoms with E-state index in [1.165, 1.54) is 12.0 Å². The Kier molecular flexibility index (Phi) is 3.94. The van der Waals surface area contributed by atoms with Crippen LogP contribution in [0.1, 0.15) is 33.1 Å². The van der Waals surface area contributed by atoms with Crippen molar-refractivity contribution in [3.63, 3.8) is 0 Å². The van der Waals surface area contributed by atoms with Crippen LogP contribution in [0.15, 0.2) is 11.6 Å². The third-order valence-electron chi connectivity index (χ3n) is 2.84. The van der Waals surface area contributed by atoms with Crippen LogP contribution in [0, 0.1) is 5.41 Å². The molecule has 0 aliphatic carbocycles. The third-order valence-corrected chi connectivity index (χ3v) is 2.84. The summed E-state index contributed by atoms with van der Waals surface area (Å²) in [5.41, 5.74) is 1.47. The predicted molar refractivity (Wildman–Crippen MR) is 55.7 cm³/mol. The van der Waals surface area contributed by atoms with Crippen molar-refractivity contribution >= 4 is 0 Å². The molecular formula is C11H21NO. The molecule has 0 aromatic heterocycles. The van der Waals surface area contributed by atoms with Crippen LogP contribution in [0.5, 0.6) is 0 Å². The molecule has 2 nitrogen and oxygen atoms in total. The molecule has 1 unspecified atom stereocenters. The average Bonchev–Trinajstić information content (AvgIpc) is 2.16. The molecule has 13 heavy (non-hydrogen) atoms. The molecule has 0 spiro atoms. The molecule has 0 aromatic carbocycles. The van der Waals surface area contributed by atoms with Gasteiger partial charge in [-0.2, -0.15) is 0 Å². The Morgan fingerprint density at radius 2 is 2.31 bits per heavy atom. The Balaban J connectivity index is 2.52. The zero-order valence-electron chi connectivity index (χ0n) is 8.77. The van der Waals surface area contributed by atoms with E-state index < -0.39 is 0 Å². The maximum atomic E-state index is 9.39. The molecule has 0 bridgehead atoms. The normalized spacial score (nSPS) is 28.5. The maximum Gasteiger partial charge on any atom is 0.0502 e. The van der Waals surface area contributed by atoms with Crippen molar-refractivity contribution in [1.82, 2.24) is 5.32 Å². The highest BCUT2D eigenvalue weighted by Crippen LogP contribution is 2.30. The molecule has 2 N–H and O–H groups in total. The van der Waals surface area contributed by atoms with E-state index in [9.17, 15) is 5.11 Å². The molecule has 1 saturated heterocycles. The largest absolute Gasteiger partial charge is 0.396 e. The van der Waals surface area contributed by atoms with Crippen LogP contribution in [-0.2, 0) is 0 Å². The SMILES string of the molecule is CC(C)=CCC1(CO)CCCNC1. The summed E-state index contributed by atoms with van der Waals surface area (Å²) in [4.78, 5) is 0. The highest BCUT2D eigenvalue weighted by molar-refractivity contribution is 4.99. The lowest BCUT2D eigenvalue weighted by molar-refractivity contribution is 0.0972. The number of hydrogen-bond donors (Lipinski definition) is 2. The third kappa shape index (κ3) is 3.12.